The van der Waals surface area contributed by atoms with Gasteiger partial charge in [0.2, 0.25) is 0 Å². The first-order chi connectivity index (χ1) is 11.8. The van der Waals surface area contributed by atoms with E-state index in [1.807, 2.05) is 0 Å². The molecule has 0 heterocycles. The molecule has 4 aliphatic rings. The van der Waals surface area contributed by atoms with Gasteiger partial charge in [0.25, 0.3) is 0 Å². The number of hydrogen-bond donors (Lipinski definition) is 2. The first-order valence-electron chi connectivity index (χ1n) is 10.3. The van der Waals surface area contributed by atoms with Crippen LogP contribution in [0.25, 0.3) is 0 Å². The number of ether oxygens (including phenoxy) is 1. The molecule has 3 N–H and O–H groups in total. The highest BCUT2D eigenvalue weighted by molar-refractivity contribution is 5.74. The summed E-state index contributed by atoms with van der Waals surface area (Å²) >= 11 is 0. The van der Waals surface area contributed by atoms with Gasteiger partial charge in [-0.3, -0.25) is 4.79 Å². The molecule has 4 aliphatic carbocycles. The summed E-state index contributed by atoms with van der Waals surface area (Å²) in [6, 6.07) is 0. The zero-order valence-electron chi connectivity index (χ0n) is 16.1. The molecule has 0 bridgehead atoms. The molecule has 8 atom stereocenters. The summed E-state index contributed by atoms with van der Waals surface area (Å²) in [6.45, 7) is 4.73. The molecule has 4 heteroatoms. The number of hydrogen-bond acceptors (Lipinski definition) is 4. The number of nitrogens with two attached hydrogens (primary N) is 1. The number of carbonyl (C=O) groups is 1. The van der Waals surface area contributed by atoms with Crippen molar-refractivity contribution in [3.63, 3.8) is 0 Å². The van der Waals surface area contributed by atoms with Crippen molar-refractivity contribution in [3.05, 3.63) is 0 Å². The molecule has 0 aliphatic heterocycles. The summed E-state index contributed by atoms with van der Waals surface area (Å²) in [6.07, 6.45) is 9.33. The third kappa shape index (κ3) is 2.22. The molecular weight excluding hydrogens is 314 g/mol. The molecule has 0 amide bonds. The molecule has 4 rings (SSSR count). The van der Waals surface area contributed by atoms with Crippen molar-refractivity contribution in [1.82, 2.24) is 0 Å². The Balaban J connectivity index is 1.66. The molecule has 0 aromatic heterocycles. The lowest BCUT2D eigenvalue weighted by Gasteiger charge is -2.64. The van der Waals surface area contributed by atoms with E-state index >= 15 is 0 Å². The van der Waals surface area contributed by atoms with Crippen LogP contribution in [0.2, 0.25) is 0 Å². The molecule has 4 fully saturated rings. The molecule has 0 spiro atoms. The van der Waals surface area contributed by atoms with E-state index in [1.165, 1.54) is 20.0 Å². The van der Waals surface area contributed by atoms with Crippen LogP contribution >= 0.6 is 0 Å². The quantitative estimate of drug-likeness (QED) is 0.713. The summed E-state index contributed by atoms with van der Waals surface area (Å²) in [5.74, 6) is 1.70. The fourth-order valence-corrected chi connectivity index (χ4v) is 7.83. The van der Waals surface area contributed by atoms with Gasteiger partial charge < -0.3 is 15.6 Å². The topological polar surface area (TPSA) is 72.5 Å². The number of esters is 1. The Hall–Kier alpha value is -0.610. The minimum Gasteiger partial charge on any atom is -0.469 e. The van der Waals surface area contributed by atoms with E-state index in [4.69, 9.17) is 10.5 Å². The maximum atomic E-state index is 12.4. The van der Waals surface area contributed by atoms with Crippen LogP contribution in [0, 0.1) is 34.5 Å². The minimum atomic E-state index is -0.237. The van der Waals surface area contributed by atoms with Gasteiger partial charge in [0.05, 0.1) is 19.1 Å². The van der Waals surface area contributed by atoms with Gasteiger partial charge in [-0.15, -0.1) is 0 Å². The Morgan fingerprint density at radius 1 is 1.04 bits per heavy atom. The van der Waals surface area contributed by atoms with Crippen LogP contribution in [0.3, 0.4) is 0 Å². The van der Waals surface area contributed by atoms with Gasteiger partial charge in [0.15, 0.2) is 0 Å². The largest absolute Gasteiger partial charge is 0.469 e. The van der Waals surface area contributed by atoms with Gasteiger partial charge in [0.1, 0.15) is 0 Å². The Morgan fingerprint density at radius 2 is 1.80 bits per heavy atom. The van der Waals surface area contributed by atoms with E-state index in [-0.39, 0.29) is 28.9 Å². The molecule has 0 aromatic rings. The third-order valence-electron chi connectivity index (χ3n) is 9.47. The number of aliphatic hydroxyl groups is 1. The Labute approximate surface area is 151 Å². The lowest BCUT2D eigenvalue weighted by molar-refractivity contribution is -0.160. The first kappa shape index (κ1) is 17.8. The molecule has 0 radical (unpaired) electrons. The van der Waals surface area contributed by atoms with E-state index in [1.54, 1.807) is 0 Å². The number of carbonyl (C=O) groups excluding carboxylic acids is 1. The highest BCUT2D eigenvalue weighted by Crippen LogP contribution is 2.68. The molecule has 4 nitrogen and oxygen atoms in total. The third-order valence-corrected chi connectivity index (χ3v) is 9.47. The molecule has 0 saturated heterocycles. The zero-order chi connectivity index (χ0) is 18.0. The monoisotopic (exact) mass is 349 g/mol. The molecule has 0 aromatic carbocycles. The smallest absolute Gasteiger partial charge is 0.309 e. The molecule has 0 unspecified atom stereocenters. The van der Waals surface area contributed by atoms with Gasteiger partial charge in [-0.2, -0.15) is 0 Å². The van der Waals surface area contributed by atoms with E-state index in [9.17, 15) is 9.90 Å². The van der Waals surface area contributed by atoms with E-state index in [0.29, 0.717) is 23.2 Å². The second kappa shape index (κ2) is 5.69. The van der Waals surface area contributed by atoms with Gasteiger partial charge in [0, 0.05) is 5.54 Å². The van der Waals surface area contributed by atoms with Crippen molar-refractivity contribution in [2.75, 3.05) is 7.11 Å². The normalized spacial score (nSPS) is 55.0. The average molecular weight is 350 g/mol. The number of methoxy groups -OCH3 is 1. The minimum absolute atomic E-state index is 0.0397. The van der Waals surface area contributed by atoms with E-state index < -0.39 is 0 Å². The van der Waals surface area contributed by atoms with Crippen molar-refractivity contribution in [3.8, 4) is 0 Å². The van der Waals surface area contributed by atoms with Crippen LogP contribution in [0.5, 0.6) is 0 Å². The van der Waals surface area contributed by atoms with E-state index in [2.05, 4.69) is 13.8 Å². The van der Waals surface area contributed by atoms with E-state index in [0.717, 1.165) is 44.9 Å². The predicted octanol–water partition coefficient (Wildman–Crippen LogP) is 3.26. The number of rotatable bonds is 1. The van der Waals surface area contributed by atoms with Crippen LogP contribution in [-0.2, 0) is 9.53 Å². The van der Waals surface area contributed by atoms with Crippen molar-refractivity contribution >= 4 is 5.97 Å². The summed E-state index contributed by atoms with van der Waals surface area (Å²) in [5.41, 5.74) is 7.14. The SMILES string of the molecule is COC(=O)[C@H]1CC[C@]2(N)[C@@H]3CC[C@@H]4C[C@@H](O)CC[C@]4(C)[C@H]3CC[C@]12C. The van der Waals surface area contributed by atoms with Crippen LogP contribution in [0.4, 0.5) is 0 Å². The Bertz CT molecular complexity index is 565. The molecule has 142 valence electrons. The summed E-state index contributed by atoms with van der Waals surface area (Å²) in [4.78, 5) is 12.4. The molecular formula is C21H35NO3. The molecule has 25 heavy (non-hydrogen) atoms. The Kier molecular flexibility index (Phi) is 4.05. The summed E-state index contributed by atoms with van der Waals surface area (Å²) in [7, 11) is 1.51. The fourth-order valence-electron chi connectivity index (χ4n) is 7.83. The van der Waals surface area contributed by atoms with Crippen LogP contribution < -0.4 is 5.73 Å². The summed E-state index contributed by atoms with van der Waals surface area (Å²) < 4.78 is 5.12. The zero-order valence-corrected chi connectivity index (χ0v) is 16.1. The van der Waals surface area contributed by atoms with Crippen LogP contribution in [0.1, 0.15) is 71.6 Å². The second-order valence-electron chi connectivity index (χ2n) is 10.0. The first-order valence-corrected chi connectivity index (χ1v) is 10.3. The lowest BCUT2D eigenvalue weighted by Crippen LogP contribution is -2.66. The number of aliphatic hydroxyl groups excluding tert-OH is 1. The maximum Gasteiger partial charge on any atom is 0.309 e. The average Bonchev–Trinajstić information content (AvgIpc) is 2.86. The van der Waals surface area contributed by atoms with Gasteiger partial charge in [-0.1, -0.05) is 13.8 Å². The van der Waals surface area contributed by atoms with Crippen molar-refractivity contribution in [1.29, 1.82) is 0 Å². The second-order valence-corrected chi connectivity index (χ2v) is 10.0. The Morgan fingerprint density at radius 3 is 2.52 bits per heavy atom. The standard InChI is InChI=1S/C21H35NO3/c1-19-9-6-14(23)12-13(19)4-5-16-15(19)7-10-20(2)17(18(24)25-3)8-11-21(16,20)22/h13-17,23H,4-12,22H2,1-3H3/t13-,14+,15+,16-,17-,19+,20-,21+/m1/s1. The van der Waals surface area contributed by atoms with Gasteiger partial charge in [-0.25, -0.2) is 0 Å². The summed E-state index contributed by atoms with van der Waals surface area (Å²) in [5, 5.41) is 10.1. The van der Waals surface area contributed by atoms with Crippen molar-refractivity contribution in [2.45, 2.75) is 83.3 Å². The predicted molar refractivity (Wildman–Crippen MR) is 96.7 cm³/mol. The molecule has 4 saturated carbocycles. The fraction of sp³-hybridized carbons (Fsp3) is 0.952. The van der Waals surface area contributed by atoms with Gasteiger partial charge >= 0.3 is 5.97 Å². The highest BCUT2D eigenvalue weighted by atomic mass is 16.5. The van der Waals surface area contributed by atoms with Crippen molar-refractivity contribution < 1.29 is 14.6 Å². The lowest BCUT2D eigenvalue weighted by atomic mass is 9.42. The van der Waals surface area contributed by atoms with Crippen LogP contribution in [-0.4, -0.2) is 29.8 Å². The van der Waals surface area contributed by atoms with Gasteiger partial charge in [-0.05, 0) is 86.4 Å². The maximum absolute atomic E-state index is 12.4. The van der Waals surface area contributed by atoms with Crippen molar-refractivity contribution in [2.24, 2.45) is 40.2 Å². The van der Waals surface area contributed by atoms with Crippen LogP contribution in [0.15, 0.2) is 0 Å². The highest BCUT2D eigenvalue weighted by Gasteiger charge is 2.67. The number of fused-ring (bicyclic) bond motifs is 5.